The van der Waals surface area contributed by atoms with E-state index in [1.54, 1.807) is 26.0 Å². The first-order chi connectivity index (χ1) is 12.9. The second-order valence-corrected chi connectivity index (χ2v) is 6.64. The fourth-order valence-electron chi connectivity index (χ4n) is 3.03. The zero-order valence-corrected chi connectivity index (χ0v) is 15.4. The molecular formula is C19H21N3O5. The number of aryl methyl sites for hydroxylation is 1. The van der Waals surface area contributed by atoms with Crippen molar-refractivity contribution >= 4 is 23.1 Å². The Morgan fingerprint density at radius 3 is 2.63 bits per heavy atom. The van der Waals surface area contributed by atoms with Gasteiger partial charge >= 0.3 is 5.97 Å². The molecule has 1 aromatic heterocycles. The molecule has 0 amide bonds. The molecule has 8 nitrogen and oxygen atoms in total. The van der Waals surface area contributed by atoms with Gasteiger partial charge in [-0.2, -0.15) is 5.10 Å². The molecule has 0 saturated heterocycles. The average Bonchev–Trinajstić information content (AvgIpc) is 2.97. The molecule has 27 heavy (non-hydrogen) atoms. The van der Waals surface area contributed by atoms with E-state index in [1.807, 2.05) is 6.92 Å². The number of ether oxygens (including phenoxy) is 1. The summed E-state index contributed by atoms with van der Waals surface area (Å²) in [6.45, 7) is 5.40. The second kappa shape index (κ2) is 7.61. The predicted octanol–water partition coefficient (Wildman–Crippen LogP) is 4.21. The summed E-state index contributed by atoms with van der Waals surface area (Å²) in [6.07, 6.45) is 2.11. The van der Waals surface area contributed by atoms with E-state index in [1.165, 1.54) is 12.1 Å². The third-order valence-corrected chi connectivity index (χ3v) is 4.25. The maximum absolute atomic E-state index is 12.2. The van der Waals surface area contributed by atoms with Crippen LogP contribution >= 0.6 is 0 Å². The summed E-state index contributed by atoms with van der Waals surface area (Å²) >= 11 is 0. The first-order valence-corrected chi connectivity index (χ1v) is 8.77. The third-order valence-electron chi connectivity index (χ3n) is 4.25. The van der Waals surface area contributed by atoms with Gasteiger partial charge in [-0.3, -0.25) is 15.5 Å². The minimum absolute atomic E-state index is 0.0205. The van der Waals surface area contributed by atoms with Gasteiger partial charge in [-0.05, 0) is 45.7 Å². The highest BCUT2D eigenvalue weighted by Crippen LogP contribution is 2.30. The number of anilines is 1. The highest BCUT2D eigenvalue weighted by atomic mass is 16.6. The number of non-ortho nitro benzene ring substituents is 1. The Labute approximate surface area is 156 Å². The molecule has 8 heteroatoms. The highest BCUT2D eigenvalue weighted by Gasteiger charge is 2.29. The molecule has 1 N–H and O–H groups in total. The van der Waals surface area contributed by atoms with Crippen molar-refractivity contribution in [2.75, 3.05) is 5.43 Å². The molecule has 2 aromatic rings. The lowest BCUT2D eigenvalue weighted by Gasteiger charge is -2.13. The molecule has 1 aromatic carbocycles. The molecule has 0 unspecified atom stereocenters. The second-order valence-electron chi connectivity index (χ2n) is 6.64. The molecule has 1 aliphatic carbocycles. The standard InChI is InChI=1S/C19H21N3O5/c1-11(2)26-19(23)18-12(3)17-15(5-4-6-16(17)27-18)21-20-13-7-9-14(10-8-13)22(24)25/h7-11,20H,4-6H2,1-3H3/b21-15+. The molecule has 3 rings (SSSR count). The van der Waals surface area contributed by atoms with Crippen LogP contribution in [0.2, 0.25) is 0 Å². The molecule has 0 bridgehead atoms. The Bertz CT molecular complexity index is 897. The van der Waals surface area contributed by atoms with E-state index >= 15 is 0 Å². The molecule has 0 radical (unpaired) electrons. The summed E-state index contributed by atoms with van der Waals surface area (Å²) < 4.78 is 11.0. The minimum Gasteiger partial charge on any atom is -0.457 e. The molecule has 1 aliphatic rings. The van der Waals surface area contributed by atoms with E-state index in [9.17, 15) is 14.9 Å². The Morgan fingerprint density at radius 2 is 2.00 bits per heavy atom. The van der Waals surface area contributed by atoms with Crippen molar-refractivity contribution in [2.45, 2.75) is 46.1 Å². The number of fused-ring (bicyclic) bond motifs is 1. The number of hydrogen-bond donors (Lipinski definition) is 1. The summed E-state index contributed by atoms with van der Waals surface area (Å²) in [7, 11) is 0. The first-order valence-electron chi connectivity index (χ1n) is 8.77. The van der Waals surface area contributed by atoms with Crippen LogP contribution in [0.5, 0.6) is 0 Å². The normalized spacial score (nSPS) is 14.9. The van der Waals surface area contributed by atoms with Crippen LogP contribution in [-0.4, -0.2) is 22.7 Å². The van der Waals surface area contributed by atoms with Crippen LogP contribution in [0.1, 0.15) is 54.1 Å². The van der Waals surface area contributed by atoms with Crippen LogP contribution in [0.4, 0.5) is 11.4 Å². The topological polar surface area (TPSA) is 107 Å². The molecule has 0 aliphatic heterocycles. The zero-order chi connectivity index (χ0) is 19.6. The van der Waals surface area contributed by atoms with Gasteiger partial charge in [0.2, 0.25) is 5.76 Å². The number of rotatable bonds is 5. The Hall–Kier alpha value is -3.16. The Morgan fingerprint density at radius 1 is 1.30 bits per heavy atom. The van der Waals surface area contributed by atoms with Gasteiger partial charge in [0.05, 0.1) is 22.4 Å². The summed E-state index contributed by atoms with van der Waals surface area (Å²) in [6, 6.07) is 6.02. The summed E-state index contributed by atoms with van der Waals surface area (Å²) in [5.41, 5.74) is 5.94. The largest absolute Gasteiger partial charge is 0.457 e. The van der Waals surface area contributed by atoms with Crippen LogP contribution in [-0.2, 0) is 11.2 Å². The number of nitro benzene ring substituents is 1. The van der Waals surface area contributed by atoms with Crippen molar-refractivity contribution in [3.63, 3.8) is 0 Å². The molecule has 0 saturated carbocycles. The molecule has 142 valence electrons. The van der Waals surface area contributed by atoms with Crippen molar-refractivity contribution in [3.05, 3.63) is 57.0 Å². The Kier molecular flexibility index (Phi) is 5.25. The third kappa shape index (κ3) is 3.99. The fraction of sp³-hybridized carbons (Fsp3) is 0.368. The molecule has 0 fully saturated rings. The maximum atomic E-state index is 12.2. The van der Waals surface area contributed by atoms with E-state index in [0.29, 0.717) is 5.69 Å². The lowest BCUT2D eigenvalue weighted by molar-refractivity contribution is -0.384. The van der Waals surface area contributed by atoms with Gasteiger partial charge in [0, 0.05) is 29.7 Å². The van der Waals surface area contributed by atoms with Gasteiger partial charge < -0.3 is 9.15 Å². The van der Waals surface area contributed by atoms with Crippen LogP contribution in [0.25, 0.3) is 0 Å². The van der Waals surface area contributed by atoms with E-state index in [4.69, 9.17) is 9.15 Å². The molecule has 0 spiro atoms. The number of furan rings is 1. The van der Waals surface area contributed by atoms with Gasteiger partial charge in [-0.25, -0.2) is 4.79 Å². The quantitative estimate of drug-likeness (QED) is 0.479. The van der Waals surface area contributed by atoms with E-state index < -0.39 is 10.9 Å². The monoisotopic (exact) mass is 371 g/mol. The van der Waals surface area contributed by atoms with Gasteiger partial charge in [-0.1, -0.05) is 0 Å². The average molecular weight is 371 g/mol. The number of carbonyl (C=O) groups excluding carboxylic acids is 1. The summed E-state index contributed by atoms with van der Waals surface area (Å²) in [4.78, 5) is 22.5. The Balaban J connectivity index is 1.85. The first kappa shape index (κ1) is 18.6. The zero-order valence-electron chi connectivity index (χ0n) is 15.4. The van der Waals surface area contributed by atoms with Gasteiger partial charge in [-0.15, -0.1) is 0 Å². The number of nitrogens with one attached hydrogen (secondary N) is 1. The van der Waals surface area contributed by atoms with E-state index in [2.05, 4.69) is 10.5 Å². The van der Waals surface area contributed by atoms with Crippen LogP contribution < -0.4 is 5.43 Å². The van der Waals surface area contributed by atoms with Crippen molar-refractivity contribution in [1.82, 2.24) is 0 Å². The van der Waals surface area contributed by atoms with Crippen LogP contribution in [0.15, 0.2) is 33.8 Å². The molecular weight excluding hydrogens is 350 g/mol. The van der Waals surface area contributed by atoms with Gasteiger partial charge in [0.25, 0.3) is 5.69 Å². The smallest absolute Gasteiger partial charge is 0.374 e. The fourth-order valence-corrected chi connectivity index (χ4v) is 3.03. The molecule has 0 atom stereocenters. The van der Waals surface area contributed by atoms with Crippen molar-refractivity contribution in [1.29, 1.82) is 0 Å². The van der Waals surface area contributed by atoms with E-state index in [0.717, 1.165) is 41.9 Å². The van der Waals surface area contributed by atoms with Crippen molar-refractivity contribution in [3.8, 4) is 0 Å². The number of nitro groups is 1. The SMILES string of the molecule is Cc1c(C(=O)OC(C)C)oc2c1/C(=N/Nc1ccc([N+](=O)[O-])cc1)CCC2. The number of nitrogens with zero attached hydrogens (tertiary/aromatic N) is 2. The van der Waals surface area contributed by atoms with Crippen molar-refractivity contribution in [2.24, 2.45) is 5.10 Å². The van der Waals surface area contributed by atoms with E-state index in [-0.39, 0.29) is 17.6 Å². The predicted molar refractivity (Wildman–Crippen MR) is 100 cm³/mol. The number of hydrazone groups is 1. The summed E-state index contributed by atoms with van der Waals surface area (Å²) in [5, 5.41) is 15.2. The van der Waals surface area contributed by atoms with Gasteiger partial charge in [0.1, 0.15) is 5.76 Å². The van der Waals surface area contributed by atoms with Gasteiger partial charge in [0.15, 0.2) is 0 Å². The van der Waals surface area contributed by atoms with Crippen molar-refractivity contribution < 1.29 is 18.9 Å². The lowest BCUT2D eigenvalue weighted by Crippen LogP contribution is -2.14. The molecule has 1 heterocycles. The maximum Gasteiger partial charge on any atom is 0.374 e. The summed E-state index contributed by atoms with van der Waals surface area (Å²) in [5.74, 6) is 0.483. The number of benzene rings is 1. The number of esters is 1. The number of carbonyl (C=O) groups is 1. The number of hydrogen-bond acceptors (Lipinski definition) is 7. The lowest BCUT2D eigenvalue weighted by atomic mass is 9.93. The van der Waals surface area contributed by atoms with Crippen LogP contribution in [0, 0.1) is 17.0 Å². The van der Waals surface area contributed by atoms with Crippen LogP contribution in [0.3, 0.4) is 0 Å². The highest BCUT2D eigenvalue weighted by molar-refractivity contribution is 6.06. The minimum atomic E-state index is -0.473.